The normalized spacial score (nSPS) is 10.7. The first kappa shape index (κ1) is 15.2. The molecule has 0 fully saturated rings. The number of carboxylic acid groups (broad SMARTS) is 1. The first-order valence-electron chi connectivity index (χ1n) is 6.23. The average Bonchev–Trinajstić information content (AvgIpc) is 2.86. The Morgan fingerprint density at radius 2 is 2.16 bits per heavy atom. The molecule has 0 spiro atoms. The first-order valence-corrected chi connectivity index (χ1v) is 6.23. The SMILES string of the molecule is CCN(CCC(=O)O)CC(=O)N(C)Cc1ccco1. The lowest BCUT2D eigenvalue weighted by atomic mass is 10.3. The highest BCUT2D eigenvalue weighted by Gasteiger charge is 2.15. The van der Waals surface area contributed by atoms with E-state index >= 15 is 0 Å². The minimum atomic E-state index is -0.852. The van der Waals surface area contributed by atoms with Crippen LogP contribution in [0.15, 0.2) is 22.8 Å². The largest absolute Gasteiger partial charge is 0.481 e. The minimum absolute atomic E-state index is 0.0447. The van der Waals surface area contributed by atoms with Crippen LogP contribution in [0.3, 0.4) is 0 Å². The Balaban J connectivity index is 2.40. The molecule has 0 aliphatic carbocycles. The second kappa shape index (κ2) is 7.58. The summed E-state index contributed by atoms with van der Waals surface area (Å²) in [6.07, 6.45) is 1.61. The molecule has 1 heterocycles. The van der Waals surface area contributed by atoms with Crippen molar-refractivity contribution in [1.29, 1.82) is 0 Å². The van der Waals surface area contributed by atoms with E-state index in [-0.39, 0.29) is 18.9 Å². The van der Waals surface area contributed by atoms with Gasteiger partial charge >= 0.3 is 5.97 Å². The van der Waals surface area contributed by atoms with E-state index < -0.39 is 5.97 Å². The predicted molar refractivity (Wildman–Crippen MR) is 69.5 cm³/mol. The molecule has 0 aromatic carbocycles. The Morgan fingerprint density at radius 1 is 1.42 bits per heavy atom. The summed E-state index contributed by atoms with van der Waals surface area (Å²) in [6, 6.07) is 3.59. The van der Waals surface area contributed by atoms with Crippen molar-refractivity contribution in [2.75, 3.05) is 26.7 Å². The molecule has 0 aliphatic rings. The van der Waals surface area contributed by atoms with Gasteiger partial charge in [0.1, 0.15) is 5.76 Å². The van der Waals surface area contributed by atoms with Crippen LogP contribution < -0.4 is 0 Å². The van der Waals surface area contributed by atoms with Gasteiger partial charge in [-0.25, -0.2) is 0 Å². The fourth-order valence-electron chi connectivity index (χ4n) is 1.64. The second-order valence-electron chi connectivity index (χ2n) is 4.34. The monoisotopic (exact) mass is 268 g/mol. The van der Waals surface area contributed by atoms with Crippen molar-refractivity contribution >= 4 is 11.9 Å². The van der Waals surface area contributed by atoms with E-state index in [4.69, 9.17) is 9.52 Å². The zero-order chi connectivity index (χ0) is 14.3. The van der Waals surface area contributed by atoms with Crippen LogP contribution in [0.2, 0.25) is 0 Å². The number of hydrogen-bond acceptors (Lipinski definition) is 4. The lowest BCUT2D eigenvalue weighted by Gasteiger charge is -2.22. The van der Waals surface area contributed by atoms with E-state index in [1.54, 1.807) is 24.3 Å². The van der Waals surface area contributed by atoms with Crippen molar-refractivity contribution in [3.63, 3.8) is 0 Å². The second-order valence-corrected chi connectivity index (χ2v) is 4.34. The number of carbonyl (C=O) groups is 2. The molecule has 0 saturated heterocycles. The third kappa shape index (κ3) is 5.56. The number of hydrogen-bond donors (Lipinski definition) is 1. The molecule has 0 atom stereocenters. The number of carbonyl (C=O) groups excluding carboxylic acids is 1. The summed E-state index contributed by atoms with van der Waals surface area (Å²) in [6.45, 7) is 3.57. The van der Waals surface area contributed by atoms with E-state index in [0.717, 1.165) is 5.76 Å². The summed E-state index contributed by atoms with van der Waals surface area (Å²) in [7, 11) is 1.70. The van der Waals surface area contributed by atoms with E-state index in [9.17, 15) is 9.59 Å². The van der Waals surface area contributed by atoms with Crippen LogP contribution in [0.25, 0.3) is 0 Å². The van der Waals surface area contributed by atoms with Gasteiger partial charge in [0.2, 0.25) is 5.91 Å². The topological polar surface area (TPSA) is 74.0 Å². The van der Waals surface area contributed by atoms with Crippen LogP contribution in [-0.2, 0) is 16.1 Å². The van der Waals surface area contributed by atoms with Gasteiger partial charge in [0.25, 0.3) is 0 Å². The Labute approximate surface area is 112 Å². The van der Waals surface area contributed by atoms with Gasteiger partial charge in [-0.3, -0.25) is 14.5 Å². The number of rotatable bonds is 8. The van der Waals surface area contributed by atoms with Gasteiger partial charge in [-0.15, -0.1) is 0 Å². The summed E-state index contributed by atoms with van der Waals surface area (Å²) >= 11 is 0. The van der Waals surface area contributed by atoms with Crippen LogP contribution in [0.1, 0.15) is 19.1 Å². The fourth-order valence-corrected chi connectivity index (χ4v) is 1.64. The number of nitrogens with zero attached hydrogens (tertiary/aromatic N) is 2. The molecule has 0 aliphatic heterocycles. The molecule has 1 aromatic rings. The molecular formula is C13H20N2O4. The van der Waals surface area contributed by atoms with Crippen LogP contribution in [0.4, 0.5) is 0 Å². The van der Waals surface area contributed by atoms with Crippen molar-refractivity contribution in [2.24, 2.45) is 0 Å². The summed E-state index contributed by atoms with van der Waals surface area (Å²) in [5, 5.41) is 8.64. The van der Waals surface area contributed by atoms with Gasteiger partial charge in [-0.05, 0) is 18.7 Å². The Kier molecular flexibility index (Phi) is 6.08. The maximum atomic E-state index is 12.0. The number of furan rings is 1. The lowest BCUT2D eigenvalue weighted by molar-refractivity contribution is -0.138. The summed E-state index contributed by atoms with van der Waals surface area (Å²) in [5.41, 5.74) is 0. The predicted octanol–water partition coefficient (Wildman–Crippen LogP) is 1.03. The molecule has 6 heteroatoms. The molecule has 0 radical (unpaired) electrons. The number of amides is 1. The number of aliphatic carboxylic acids is 1. The maximum absolute atomic E-state index is 12.0. The molecule has 1 N–H and O–H groups in total. The standard InChI is InChI=1S/C13H20N2O4/c1-3-15(7-6-13(17)18)10-12(16)14(2)9-11-5-4-8-19-11/h4-5,8H,3,6-7,9-10H2,1-2H3,(H,17,18). The van der Waals surface area contributed by atoms with Gasteiger partial charge in [0.05, 0.1) is 25.8 Å². The van der Waals surface area contributed by atoms with E-state index in [1.807, 2.05) is 17.9 Å². The quantitative estimate of drug-likeness (QED) is 0.762. The molecular weight excluding hydrogens is 248 g/mol. The Morgan fingerprint density at radius 3 is 2.68 bits per heavy atom. The molecule has 1 amide bonds. The summed E-state index contributed by atoms with van der Waals surface area (Å²) in [4.78, 5) is 25.9. The number of likely N-dealkylation sites (N-methyl/N-ethyl adjacent to an activating group) is 2. The molecule has 0 saturated carbocycles. The van der Waals surface area contributed by atoms with Crippen LogP contribution in [0.5, 0.6) is 0 Å². The van der Waals surface area contributed by atoms with E-state index in [1.165, 1.54) is 0 Å². The zero-order valence-electron chi connectivity index (χ0n) is 11.3. The molecule has 106 valence electrons. The fraction of sp³-hybridized carbons (Fsp3) is 0.538. The van der Waals surface area contributed by atoms with Crippen molar-refractivity contribution in [1.82, 2.24) is 9.80 Å². The third-order valence-corrected chi connectivity index (χ3v) is 2.85. The highest BCUT2D eigenvalue weighted by Crippen LogP contribution is 2.04. The highest BCUT2D eigenvalue weighted by molar-refractivity contribution is 5.78. The molecule has 0 bridgehead atoms. The van der Waals surface area contributed by atoms with Gasteiger partial charge in [-0.2, -0.15) is 0 Å². The smallest absolute Gasteiger partial charge is 0.304 e. The molecule has 19 heavy (non-hydrogen) atoms. The van der Waals surface area contributed by atoms with Crippen LogP contribution in [0, 0.1) is 0 Å². The minimum Gasteiger partial charge on any atom is -0.481 e. The third-order valence-electron chi connectivity index (χ3n) is 2.85. The maximum Gasteiger partial charge on any atom is 0.304 e. The van der Waals surface area contributed by atoms with Gasteiger partial charge in [0, 0.05) is 13.6 Å². The summed E-state index contributed by atoms with van der Waals surface area (Å²) < 4.78 is 5.18. The van der Waals surface area contributed by atoms with Gasteiger partial charge in [0.15, 0.2) is 0 Å². The Hall–Kier alpha value is -1.82. The average molecular weight is 268 g/mol. The van der Waals surface area contributed by atoms with Crippen molar-refractivity contribution in [2.45, 2.75) is 19.9 Å². The van der Waals surface area contributed by atoms with Crippen molar-refractivity contribution in [3.8, 4) is 0 Å². The zero-order valence-corrected chi connectivity index (χ0v) is 11.3. The molecule has 1 rings (SSSR count). The van der Waals surface area contributed by atoms with Crippen molar-refractivity contribution < 1.29 is 19.1 Å². The Bertz CT molecular complexity index is 403. The first-order chi connectivity index (χ1) is 9.02. The van der Waals surface area contributed by atoms with Crippen molar-refractivity contribution in [3.05, 3.63) is 24.2 Å². The summed E-state index contributed by atoms with van der Waals surface area (Å²) in [5.74, 6) is -0.178. The highest BCUT2D eigenvalue weighted by atomic mass is 16.4. The van der Waals surface area contributed by atoms with Gasteiger partial charge < -0.3 is 14.4 Å². The van der Waals surface area contributed by atoms with Crippen LogP contribution in [-0.4, -0.2) is 53.5 Å². The van der Waals surface area contributed by atoms with Gasteiger partial charge in [-0.1, -0.05) is 6.92 Å². The van der Waals surface area contributed by atoms with Crippen LogP contribution >= 0.6 is 0 Å². The lowest BCUT2D eigenvalue weighted by Crippen LogP contribution is -2.38. The molecule has 1 aromatic heterocycles. The number of carboxylic acids is 1. The molecule has 6 nitrogen and oxygen atoms in total. The van der Waals surface area contributed by atoms with E-state index in [2.05, 4.69) is 0 Å². The molecule has 0 unspecified atom stereocenters. The van der Waals surface area contributed by atoms with E-state index in [0.29, 0.717) is 19.6 Å².